The molecule has 0 aromatic heterocycles. The lowest BCUT2D eigenvalue weighted by Crippen LogP contribution is -2.38. The average molecular weight is 358 g/mol. The molecule has 1 unspecified atom stereocenters. The van der Waals surface area contributed by atoms with Gasteiger partial charge in [-0.25, -0.2) is 8.42 Å². The number of amides is 1. The predicted octanol–water partition coefficient (Wildman–Crippen LogP) is 1.55. The Morgan fingerprint density at radius 2 is 2.00 bits per heavy atom. The molecule has 7 nitrogen and oxygen atoms in total. The Labute approximate surface area is 144 Å². The maximum atomic E-state index is 12.0. The van der Waals surface area contributed by atoms with Gasteiger partial charge in [-0.15, -0.1) is 0 Å². The van der Waals surface area contributed by atoms with Gasteiger partial charge in [0.15, 0.2) is 11.5 Å². The molecule has 0 heterocycles. The third kappa shape index (κ3) is 6.01. The summed E-state index contributed by atoms with van der Waals surface area (Å²) in [6.45, 7) is 4.21. The van der Waals surface area contributed by atoms with Gasteiger partial charge in [0.2, 0.25) is 15.9 Å². The van der Waals surface area contributed by atoms with Gasteiger partial charge in [0.25, 0.3) is 0 Å². The van der Waals surface area contributed by atoms with Gasteiger partial charge in [-0.2, -0.15) is 4.31 Å². The van der Waals surface area contributed by atoms with Gasteiger partial charge in [-0.05, 0) is 31.0 Å². The van der Waals surface area contributed by atoms with Gasteiger partial charge in [-0.3, -0.25) is 4.79 Å². The fourth-order valence-electron chi connectivity index (χ4n) is 1.97. The van der Waals surface area contributed by atoms with Crippen molar-refractivity contribution in [2.24, 2.45) is 0 Å². The van der Waals surface area contributed by atoms with Crippen molar-refractivity contribution < 1.29 is 22.7 Å². The minimum absolute atomic E-state index is 0.224. The summed E-state index contributed by atoms with van der Waals surface area (Å²) in [4.78, 5) is 12.0. The van der Waals surface area contributed by atoms with E-state index in [1.165, 1.54) is 7.05 Å². The van der Waals surface area contributed by atoms with Crippen molar-refractivity contribution in [3.05, 3.63) is 23.8 Å². The summed E-state index contributed by atoms with van der Waals surface area (Å²) in [6.07, 6.45) is 1.95. The first-order valence-corrected chi connectivity index (χ1v) is 9.55. The molecule has 1 N–H and O–H groups in total. The number of nitrogens with one attached hydrogen (secondary N) is 1. The number of likely N-dealkylation sites (N-methyl/N-ethyl adjacent to an activating group) is 1. The first-order chi connectivity index (χ1) is 11.2. The number of sulfonamides is 1. The van der Waals surface area contributed by atoms with Crippen LogP contribution < -0.4 is 14.8 Å². The molecule has 0 aliphatic rings. The Morgan fingerprint density at radius 1 is 1.33 bits per heavy atom. The third-order valence-corrected chi connectivity index (χ3v) is 4.72. The van der Waals surface area contributed by atoms with Crippen LogP contribution in [0.1, 0.15) is 31.9 Å². The second-order valence-corrected chi connectivity index (χ2v) is 7.66. The SMILES string of the molecule is CCCOc1ccc(C(C)NC(=O)CN(C)S(C)(=O)=O)cc1OC. The molecule has 1 aromatic rings. The Bertz CT molecular complexity index is 660. The summed E-state index contributed by atoms with van der Waals surface area (Å²) in [5.41, 5.74) is 0.839. The largest absolute Gasteiger partial charge is 0.493 e. The van der Waals surface area contributed by atoms with Crippen molar-refractivity contribution in [2.45, 2.75) is 26.3 Å². The maximum Gasteiger partial charge on any atom is 0.235 e. The number of carbonyl (C=O) groups excluding carboxylic acids is 1. The van der Waals surface area contributed by atoms with Gasteiger partial charge >= 0.3 is 0 Å². The second kappa shape index (κ2) is 8.89. The van der Waals surface area contributed by atoms with E-state index >= 15 is 0 Å². The van der Waals surface area contributed by atoms with Gasteiger partial charge < -0.3 is 14.8 Å². The monoisotopic (exact) mass is 358 g/mol. The summed E-state index contributed by atoms with van der Waals surface area (Å²) in [5, 5.41) is 2.77. The van der Waals surface area contributed by atoms with E-state index in [1.807, 2.05) is 19.9 Å². The summed E-state index contributed by atoms with van der Waals surface area (Å²) in [5.74, 6) is 0.870. The summed E-state index contributed by atoms with van der Waals surface area (Å²) in [6, 6.07) is 5.16. The van der Waals surface area contributed by atoms with Crippen LogP contribution in [-0.2, 0) is 14.8 Å². The minimum atomic E-state index is -3.39. The number of ether oxygens (including phenoxy) is 2. The molecule has 1 amide bonds. The molecule has 8 heteroatoms. The molecule has 0 saturated heterocycles. The highest BCUT2D eigenvalue weighted by Gasteiger charge is 2.18. The molecule has 0 aliphatic heterocycles. The van der Waals surface area contributed by atoms with E-state index in [9.17, 15) is 13.2 Å². The molecule has 136 valence electrons. The van der Waals surface area contributed by atoms with Crippen LogP contribution in [0.4, 0.5) is 0 Å². The first-order valence-electron chi connectivity index (χ1n) is 7.70. The highest BCUT2D eigenvalue weighted by atomic mass is 32.2. The average Bonchev–Trinajstić information content (AvgIpc) is 2.51. The van der Waals surface area contributed by atoms with E-state index in [1.54, 1.807) is 19.2 Å². The molecule has 1 atom stereocenters. The molecule has 0 saturated carbocycles. The second-order valence-electron chi connectivity index (χ2n) is 5.57. The number of hydrogen-bond donors (Lipinski definition) is 1. The van der Waals surface area contributed by atoms with Crippen LogP contribution in [0.25, 0.3) is 0 Å². The van der Waals surface area contributed by atoms with Crippen LogP contribution in [0.3, 0.4) is 0 Å². The number of hydrogen-bond acceptors (Lipinski definition) is 5. The number of rotatable bonds is 9. The Balaban J connectivity index is 2.77. The molecule has 0 radical (unpaired) electrons. The fraction of sp³-hybridized carbons (Fsp3) is 0.562. The highest BCUT2D eigenvalue weighted by molar-refractivity contribution is 7.88. The molecule has 0 fully saturated rings. The molecule has 0 spiro atoms. The van der Waals surface area contributed by atoms with Crippen LogP contribution in [0, 0.1) is 0 Å². The van der Waals surface area contributed by atoms with Gasteiger partial charge in [0.05, 0.1) is 32.6 Å². The number of nitrogens with zero attached hydrogens (tertiary/aromatic N) is 1. The lowest BCUT2D eigenvalue weighted by Gasteiger charge is -2.19. The summed E-state index contributed by atoms with van der Waals surface area (Å²) < 4.78 is 34.6. The summed E-state index contributed by atoms with van der Waals surface area (Å²) >= 11 is 0. The topological polar surface area (TPSA) is 84.9 Å². The van der Waals surface area contributed by atoms with Gasteiger partial charge in [0, 0.05) is 7.05 Å². The van der Waals surface area contributed by atoms with Crippen molar-refractivity contribution in [3.8, 4) is 11.5 Å². The predicted molar refractivity (Wildman–Crippen MR) is 92.8 cm³/mol. The normalized spacial score (nSPS) is 12.8. The van der Waals surface area contributed by atoms with Gasteiger partial charge in [0.1, 0.15) is 0 Å². The van der Waals surface area contributed by atoms with E-state index in [4.69, 9.17) is 9.47 Å². The van der Waals surface area contributed by atoms with Gasteiger partial charge in [-0.1, -0.05) is 13.0 Å². The summed E-state index contributed by atoms with van der Waals surface area (Å²) in [7, 11) is -0.466. The van der Waals surface area contributed by atoms with Crippen molar-refractivity contribution in [2.75, 3.05) is 33.6 Å². The molecule has 0 bridgehead atoms. The molecule has 24 heavy (non-hydrogen) atoms. The maximum absolute atomic E-state index is 12.0. The van der Waals surface area contributed by atoms with E-state index < -0.39 is 10.0 Å². The molecular weight excluding hydrogens is 332 g/mol. The van der Waals surface area contributed by atoms with Crippen LogP contribution >= 0.6 is 0 Å². The quantitative estimate of drug-likeness (QED) is 0.724. The third-order valence-electron chi connectivity index (χ3n) is 3.46. The van der Waals surface area contributed by atoms with E-state index in [2.05, 4.69) is 5.32 Å². The number of methoxy groups -OCH3 is 1. The lowest BCUT2D eigenvalue weighted by molar-refractivity contribution is -0.121. The van der Waals surface area contributed by atoms with Crippen LogP contribution in [0.2, 0.25) is 0 Å². The molecule has 1 rings (SSSR count). The number of carbonyl (C=O) groups is 1. The zero-order valence-corrected chi connectivity index (χ0v) is 15.6. The fourth-order valence-corrected chi connectivity index (χ4v) is 2.33. The Kier molecular flexibility index (Phi) is 7.50. The zero-order chi connectivity index (χ0) is 18.3. The van der Waals surface area contributed by atoms with E-state index in [0.29, 0.717) is 18.1 Å². The zero-order valence-electron chi connectivity index (χ0n) is 14.8. The van der Waals surface area contributed by atoms with Crippen LogP contribution in [-0.4, -0.2) is 52.2 Å². The van der Waals surface area contributed by atoms with Crippen molar-refractivity contribution in [1.82, 2.24) is 9.62 Å². The van der Waals surface area contributed by atoms with Crippen molar-refractivity contribution >= 4 is 15.9 Å². The molecule has 1 aromatic carbocycles. The van der Waals surface area contributed by atoms with Crippen molar-refractivity contribution in [3.63, 3.8) is 0 Å². The Morgan fingerprint density at radius 3 is 2.54 bits per heavy atom. The van der Waals surface area contributed by atoms with Crippen molar-refractivity contribution in [1.29, 1.82) is 0 Å². The highest BCUT2D eigenvalue weighted by Crippen LogP contribution is 2.30. The van der Waals surface area contributed by atoms with Crippen LogP contribution in [0.15, 0.2) is 18.2 Å². The minimum Gasteiger partial charge on any atom is -0.493 e. The molecule has 0 aliphatic carbocycles. The first kappa shape index (κ1) is 20.2. The smallest absolute Gasteiger partial charge is 0.235 e. The van der Waals surface area contributed by atoms with E-state index in [0.717, 1.165) is 22.5 Å². The lowest BCUT2D eigenvalue weighted by atomic mass is 10.1. The molecular formula is C16H26N2O5S. The standard InChI is InChI=1S/C16H26N2O5S/c1-6-9-23-14-8-7-13(10-15(14)22-4)12(2)17-16(19)11-18(3)24(5,20)21/h7-8,10,12H,6,9,11H2,1-5H3,(H,17,19). The van der Waals surface area contributed by atoms with Crippen LogP contribution in [0.5, 0.6) is 11.5 Å². The Hall–Kier alpha value is -1.80. The van der Waals surface area contributed by atoms with E-state index in [-0.39, 0.29) is 18.5 Å². The number of benzene rings is 1.